The molecule has 2 rings (SSSR count). The van der Waals surface area contributed by atoms with Gasteiger partial charge in [0.2, 0.25) is 0 Å². The van der Waals surface area contributed by atoms with Crippen LogP contribution in [-0.4, -0.2) is 37.6 Å². The number of nitrogens with one attached hydrogen (secondary N) is 1. The van der Waals surface area contributed by atoms with E-state index in [1.165, 1.54) is 77.7 Å². The van der Waals surface area contributed by atoms with Crippen molar-refractivity contribution in [2.75, 3.05) is 32.7 Å². The van der Waals surface area contributed by atoms with Crippen LogP contribution >= 0.6 is 0 Å². The summed E-state index contributed by atoms with van der Waals surface area (Å²) in [4.78, 5) is 2.71. The van der Waals surface area contributed by atoms with Crippen LogP contribution in [-0.2, 0) is 0 Å². The highest BCUT2D eigenvalue weighted by atomic mass is 15.1. The smallest absolute Gasteiger partial charge is 0.00218 e. The number of rotatable bonds is 2. The summed E-state index contributed by atoms with van der Waals surface area (Å²) < 4.78 is 0. The van der Waals surface area contributed by atoms with Gasteiger partial charge in [0.25, 0.3) is 0 Å². The van der Waals surface area contributed by atoms with Crippen molar-refractivity contribution in [1.29, 1.82) is 0 Å². The van der Waals surface area contributed by atoms with Crippen molar-refractivity contribution in [3.05, 3.63) is 0 Å². The van der Waals surface area contributed by atoms with E-state index in [4.69, 9.17) is 0 Å². The Hall–Kier alpha value is -0.0800. The van der Waals surface area contributed by atoms with Crippen molar-refractivity contribution in [2.24, 2.45) is 5.92 Å². The summed E-state index contributed by atoms with van der Waals surface area (Å²) in [7, 11) is 0. The van der Waals surface area contributed by atoms with E-state index in [0.29, 0.717) is 0 Å². The van der Waals surface area contributed by atoms with Crippen LogP contribution in [0.5, 0.6) is 0 Å². The quantitative estimate of drug-likeness (QED) is 0.752. The van der Waals surface area contributed by atoms with Crippen LogP contribution < -0.4 is 5.32 Å². The van der Waals surface area contributed by atoms with Crippen molar-refractivity contribution < 1.29 is 0 Å². The lowest BCUT2D eigenvalue weighted by atomic mass is 10.0. The second kappa shape index (κ2) is 6.49. The molecule has 88 valence electrons. The number of nitrogens with zero attached hydrogens (tertiary/aromatic N) is 1. The molecular weight excluding hydrogens is 184 g/mol. The summed E-state index contributed by atoms with van der Waals surface area (Å²) in [5.41, 5.74) is 0. The summed E-state index contributed by atoms with van der Waals surface area (Å²) in [5.74, 6) is 0.922. The molecule has 1 unspecified atom stereocenters. The third-order valence-corrected chi connectivity index (χ3v) is 3.86. The Morgan fingerprint density at radius 2 is 1.73 bits per heavy atom. The Labute approximate surface area is 94.4 Å². The molecule has 2 saturated heterocycles. The van der Waals surface area contributed by atoms with Gasteiger partial charge in [0.1, 0.15) is 0 Å². The maximum Gasteiger partial charge on any atom is 0.00218 e. The van der Waals surface area contributed by atoms with E-state index < -0.39 is 0 Å². The monoisotopic (exact) mass is 210 g/mol. The zero-order valence-electron chi connectivity index (χ0n) is 10.0. The first-order chi connectivity index (χ1) is 7.45. The predicted molar refractivity (Wildman–Crippen MR) is 65.1 cm³/mol. The first-order valence-electron chi connectivity index (χ1n) is 6.88. The van der Waals surface area contributed by atoms with Gasteiger partial charge in [-0.05, 0) is 57.8 Å². The largest absolute Gasteiger partial charge is 0.316 e. The molecule has 0 spiro atoms. The van der Waals surface area contributed by atoms with Crippen LogP contribution in [0.3, 0.4) is 0 Å². The van der Waals surface area contributed by atoms with Crippen LogP contribution in [0.1, 0.15) is 44.9 Å². The van der Waals surface area contributed by atoms with Gasteiger partial charge in [-0.2, -0.15) is 0 Å². The van der Waals surface area contributed by atoms with Crippen molar-refractivity contribution in [3.8, 4) is 0 Å². The second-order valence-corrected chi connectivity index (χ2v) is 5.28. The van der Waals surface area contributed by atoms with Gasteiger partial charge < -0.3 is 10.2 Å². The van der Waals surface area contributed by atoms with Gasteiger partial charge in [-0.3, -0.25) is 0 Å². The molecule has 0 aromatic heterocycles. The van der Waals surface area contributed by atoms with E-state index in [2.05, 4.69) is 10.2 Å². The van der Waals surface area contributed by atoms with Crippen molar-refractivity contribution in [3.63, 3.8) is 0 Å². The standard InChI is InChI=1S/C13H26N2/c1-2-6-10-15(9-5-1)12-13-7-3-4-8-14-11-13/h13-14H,1-12H2. The molecule has 2 fully saturated rings. The summed E-state index contributed by atoms with van der Waals surface area (Å²) >= 11 is 0. The van der Waals surface area contributed by atoms with Crippen LogP contribution in [0.15, 0.2) is 0 Å². The summed E-state index contributed by atoms with van der Waals surface area (Å²) in [6.45, 7) is 6.58. The minimum atomic E-state index is 0.922. The SMILES string of the molecule is C1CCCN(CC2CCCCNC2)CC1. The molecular formula is C13H26N2. The van der Waals surface area contributed by atoms with E-state index in [9.17, 15) is 0 Å². The van der Waals surface area contributed by atoms with E-state index in [-0.39, 0.29) is 0 Å². The molecule has 2 aliphatic rings. The van der Waals surface area contributed by atoms with Crippen molar-refractivity contribution in [2.45, 2.75) is 44.9 Å². The predicted octanol–water partition coefficient (Wildman–Crippen LogP) is 2.25. The normalized spacial score (nSPS) is 30.8. The molecule has 2 aliphatic heterocycles. The summed E-state index contributed by atoms with van der Waals surface area (Å²) in [6, 6.07) is 0. The van der Waals surface area contributed by atoms with E-state index in [0.717, 1.165) is 5.92 Å². The average molecular weight is 210 g/mol. The van der Waals surface area contributed by atoms with Crippen molar-refractivity contribution in [1.82, 2.24) is 10.2 Å². The Bertz CT molecular complexity index is 136. The van der Waals surface area contributed by atoms with Crippen molar-refractivity contribution >= 4 is 0 Å². The van der Waals surface area contributed by atoms with Crippen LogP contribution in [0.4, 0.5) is 0 Å². The molecule has 0 aromatic rings. The number of likely N-dealkylation sites (tertiary alicyclic amines) is 1. The molecule has 0 radical (unpaired) electrons. The van der Waals surface area contributed by atoms with Gasteiger partial charge in [-0.1, -0.05) is 19.3 Å². The zero-order valence-corrected chi connectivity index (χ0v) is 10.0. The molecule has 15 heavy (non-hydrogen) atoms. The highest BCUT2D eigenvalue weighted by molar-refractivity contribution is 4.73. The highest BCUT2D eigenvalue weighted by Gasteiger charge is 2.16. The minimum absolute atomic E-state index is 0.922. The van der Waals surface area contributed by atoms with Gasteiger partial charge >= 0.3 is 0 Å². The third-order valence-electron chi connectivity index (χ3n) is 3.86. The second-order valence-electron chi connectivity index (χ2n) is 5.28. The van der Waals surface area contributed by atoms with E-state index in [1.54, 1.807) is 0 Å². The first-order valence-corrected chi connectivity index (χ1v) is 6.88. The average Bonchev–Trinajstić information content (AvgIpc) is 2.63. The molecule has 1 N–H and O–H groups in total. The lowest BCUT2D eigenvalue weighted by Gasteiger charge is -2.25. The van der Waals surface area contributed by atoms with Gasteiger partial charge in [-0.15, -0.1) is 0 Å². The Balaban J connectivity index is 1.73. The molecule has 0 amide bonds. The fourth-order valence-corrected chi connectivity index (χ4v) is 2.93. The molecule has 2 heterocycles. The molecule has 1 atom stereocenters. The topological polar surface area (TPSA) is 15.3 Å². The maximum atomic E-state index is 3.58. The highest BCUT2D eigenvalue weighted by Crippen LogP contribution is 2.16. The molecule has 0 saturated carbocycles. The Morgan fingerprint density at radius 1 is 0.933 bits per heavy atom. The lowest BCUT2D eigenvalue weighted by molar-refractivity contribution is 0.232. The van der Waals surface area contributed by atoms with Gasteiger partial charge in [0.05, 0.1) is 0 Å². The van der Waals surface area contributed by atoms with E-state index in [1.807, 2.05) is 0 Å². The molecule has 0 aromatic carbocycles. The minimum Gasteiger partial charge on any atom is -0.316 e. The molecule has 2 heteroatoms. The summed E-state index contributed by atoms with van der Waals surface area (Å²) in [5, 5.41) is 3.58. The Kier molecular flexibility index (Phi) is 4.94. The fraction of sp³-hybridized carbons (Fsp3) is 1.00. The fourth-order valence-electron chi connectivity index (χ4n) is 2.93. The molecule has 0 bridgehead atoms. The van der Waals surface area contributed by atoms with Gasteiger partial charge in [-0.25, -0.2) is 0 Å². The van der Waals surface area contributed by atoms with Gasteiger partial charge in [0, 0.05) is 6.54 Å². The maximum absolute atomic E-state index is 3.58. The first kappa shape index (κ1) is 11.4. The molecule has 0 aliphatic carbocycles. The van der Waals surface area contributed by atoms with Crippen LogP contribution in [0, 0.1) is 5.92 Å². The van der Waals surface area contributed by atoms with E-state index >= 15 is 0 Å². The van der Waals surface area contributed by atoms with Crippen LogP contribution in [0.25, 0.3) is 0 Å². The molecule has 2 nitrogen and oxygen atoms in total. The lowest BCUT2D eigenvalue weighted by Crippen LogP contribution is -2.34. The number of hydrogen-bond donors (Lipinski definition) is 1. The van der Waals surface area contributed by atoms with Crippen LogP contribution in [0.2, 0.25) is 0 Å². The van der Waals surface area contributed by atoms with Gasteiger partial charge in [0.15, 0.2) is 0 Å². The number of hydrogen-bond acceptors (Lipinski definition) is 2. The zero-order chi connectivity index (χ0) is 10.3. The third kappa shape index (κ3) is 4.12. The Morgan fingerprint density at radius 3 is 2.53 bits per heavy atom. The summed E-state index contributed by atoms with van der Waals surface area (Å²) in [6.07, 6.45) is 10.0.